The Morgan fingerprint density at radius 3 is 2.55 bits per heavy atom. The number of piperidine rings is 1. The van der Waals surface area contributed by atoms with Crippen LogP contribution in [0.3, 0.4) is 0 Å². The molecule has 6 heteroatoms. The van der Waals surface area contributed by atoms with E-state index in [0.717, 1.165) is 48.7 Å². The molecule has 0 saturated carbocycles. The summed E-state index contributed by atoms with van der Waals surface area (Å²) in [5.41, 5.74) is 3.95. The number of anilines is 2. The van der Waals surface area contributed by atoms with Gasteiger partial charge in [0.15, 0.2) is 0 Å². The molecule has 3 aromatic rings. The van der Waals surface area contributed by atoms with Crippen molar-refractivity contribution in [3.05, 3.63) is 71.5 Å². The van der Waals surface area contributed by atoms with E-state index in [4.69, 9.17) is 11.6 Å². The van der Waals surface area contributed by atoms with Crippen molar-refractivity contribution in [2.45, 2.75) is 19.8 Å². The first-order valence-electron chi connectivity index (χ1n) is 9.79. The number of carbonyl (C=O) groups excluding carboxylic acids is 1. The fraction of sp³-hybridized carbons (Fsp3) is 0.261. The van der Waals surface area contributed by atoms with Crippen molar-refractivity contribution in [1.82, 2.24) is 9.97 Å². The minimum absolute atomic E-state index is 0.0105. The van der Waals surface area contributed by atoms with E-state index in [1.165, 1.54) is 5.56 Å². The number of halogens is 1. The largest absolute Gasteiger partial charge is 0.356 e. The summed E-state index contributed by atoms with van der Waals surface area (Å²) in [5, 5.41) is 3.59. The first-order valence-corrected chi connectivity index (χ1v) is 10.2. The van der Waals surface area contributed by atoms with Crippen LogP contribution in [0.25, 0.3) is 11.3 Å². The van der Waals surface area contributed by atoms with Crippen LogP contribution in [0.15, 0.2) is 60.9 Å². The standard InChI is InChI=1S/C23H23ClN4O/c1-16-5-7-17(8-6-16)21-14-22(26-15-25-21)28-11-9-18(10-12-28)23(29)27-20-4-2-3-19(24)13-20/h2-8,13-15,18H,9-12H2,1H3,(H,27,29). The van der Waals surface area contributed by atoms with E-state index in [9.17, 15) is 4.79 Å². The van der Waals surface area contributed by atoms with Gasteiger partial charge in [-0.05, 0) is 38.0 Å². The minimum Gasteiger partial charge on any atom is -0.356 e. The van der Waals surface area contributed by atoms with Gasteiger partial charge in [0.2, 0.25) is 5.91 Å². The highest BCUT2D eigenvalue weighted by molar-refractivity contribution is 6.30. The number of hydrogen-bond acceptors (Lipinski definition) is 4. The third-order valence-electron chi connectivity index (χ3n) is 5.28. The summed E-state index contributed by atoms with van der Waals surface area (Å²) in [4.78, 5) is 23.7. The van der Waals surface area contributed by atoms with Gasteiger partial charge in [0.25, 0.3) is 0 Å². The summed E-state index contributed by atoms with van der Waals surface area (Å²) in [6.07, 6.45) is 3.19. The summed E-state index contributed by atoms with van der Waals surface area (Å²) < 4.78 is 0. The molecule has 4 rings (SSSR count). The molecule has 1 fully saturated rings. The number of benzene rings is 2. The smallest absolute Gasteiger partial charge is 0.227 e. The van der Waals surface area contributed by atoms with Gasteiger partial charge in [-0.1, -0.05) is 47.5 Å². The van der Waals surface area contributed by atoms with Crippen LogP contribution in [0.5, 0.6) is 0 Å². The first-order chi connectivity index (χ1) is 14.1. The molecule has 1 aliphatic heterocycles. The van der Waals surface area contributed by atoms with Gasteiger partial charge in [-0.25, -0.2) is 9.97 Å². The Bertz CT molecular complexity index is 998. The zero-order valence-electron chi connectivity index (χ0n) is 16.3. The molecule has 0 aliphatic carbocycles. The molecule has 148 valence electrons. The number of carbonyl (C=O) groups is 1. The van der Waals surface area contributed by atoms with Crippen LogP contribution in [0.1, 0.15) is 18.4 Å². The van der Waals surface area contributed by atoms with E-state index in [2.05, 4.69) is 51.4 Å². The number of nitrogens with one attached hydrogen (secondary N) is 1. The summed E-state index contributed by atoms with van der Waals surface area (Å²) in [5.74, 6) is 0.947. The van der Waals surface area contributed by atoms with E-state index in [-0.39, 0.29) is 11.8 Å². The number of hydrogen-bond donors (Lipinski definition) is 1. The zero-order chi connectivity index (χ0) is 20.2. The molecule has 1 aliphatic rings. The fourth-order valence-electron chi connectivity index (χ4n) is 3.58. The monoisotopic (exact) mass is 406 g/mol. The van der Waals surface area contributed by atoms with Crippen LogP contribution in [-0.2, 0) is 4.79 Å². The van der Waals surface area contributed by atoms with Gasteiger partial charge in [-0.3, -0.25) is 4.79 Å². The lowest BCUT2D eigenvalue weighted by Gasteiger charge is -2.32. The Kier molecular flexibility index (Phi) is 5.76. The second-order valence-corrected chi connectivity index (χ2v) is 7.82. The van der Waals surface area contributed by atoms with Crippen molar-refractivity contribution in [3.8, 4) is 11.3 Å². The predicted octanol–water partition coefficient (Wildman–Crippen LogP) is 4.96. The molecule has 2 heterocycles. The van der Waals surface area contributed by atoms with E-state index in [1.54, 1.807) is 18.5 Å². The second-order valence-electron chi connectivity index (χ2n) is 7.39. The van der Waals surface area contributed by atoms with E-state index < -0.39 is 0 Å². The summed E-state index contributed by atoms with van der Waals surface area (Å²) in [7, 11) is 0. The van der Waals surface area contributed by atoms with Gasteiger partial charge in [-0.2, -0.15) is 0 Å². The highest BCUT2D eigenvalue weighted by atomic mass is 35.5. The Balaban J connectivity index is 1.39. The highest BCUT2D eigenvalue weighted by Gasteiger charge is 2.26. The lowest BCUT2D eigenvalue weighted by atomic mass is 9.95. The van der Waals surface area contributed by atoms with E-state index >= 15 is 0 Å². The number of aromatic nitrogens is 2. The number of nitrogens with zero attached hydrogens (tertiary/aromatic N) is 3. The van der Waals surface area contributed by atoms with Crippen molar-refractivity contribution < 1.29 is 4.79 Å². The second kappa shape index (κ2) is 8.62. The van der Waals surface area contributed by atoms with Gasteiger partial charge in [0, 0.05) is 41.3 Å². The quantitative estimate of drug-likeness (QED) is 0.665. The van der Waals surface area contributed by atoms with Crippen LogP contribution < -0.4 is 10.2 Å². The average molecular weight is 407 g/mol. The predicted molar refractivity (Wildman–Crippen MR) is 117 cm³/mol. The molecule has 0 atom stereocenters. The molecule has 5 nitrogen and oxygen atoms in total. The maximum atomic E-state index is 12.6. The third kappa shape index (κ3) is 4.74. The molecular weight excluding hydrogens is 384 g/mol. The Labute approximate surface area is 175 Å². The maximum Gasteiger partial charge on any atom is 0.227 e. The van der Waals surface area contributed by atoms with Gasteiger partial charge in [-0.15, -0.1) is 0 Å². The molecule has 1 saturated heterocycles. The highest BCUT2D eigenvalue weighted by Crippen LogP contribution is 2.26. The molecule has 1 amide bonds. The molecule has 0 spiro atoms. The lowest BCUT2D eigenvalue weighted by Crippen LogP contribution is -2.38. The SMILES string of the molecule is Cc1ccc(-c2cc(N3CCC(C(=O)Nc4cccc(Cl)c4)CC3)ncn2)cc1. The van der Waals surface area contributed by atoms with Crippen molar-refractivity contribution in [1.29, 1.82) is 0 Å². The normalized spacial score (nSPS) is 14.6. The number of rotatable bonds is 4. The molecule has 0 bridgehead atoms. The lowest BCUT2D eigenvalue weighted by molar-refractivity contribution is -0.120. The maximum absolute atomic E-state index is 12.6. The van der Waals surface area contributed by atoms with Crippen LogP contribution in [0.4, 0.5) is 11.5 Å². The number of aryl methyl sites for hydroxylation is 1. The van der Waals surface area contributed by atoms with Crippen LogP contribution in [0.2, 0.25) is 5.02 Å². The van der Waals surface area contributed by atoms with Crippen LogP contribution in [0, 0.1) is 12.8 Å². The summed E-state index contributed by atoms with van der Waals surface area (Å²) >= 11 is 6.00. The van der Waals surface area contributed by atoms with Crippen molar-refractivity contribution in [2.24, 2.45) is 5.92 Å². The van der Waals surface area contributed by atoms with E-state index in [1.807, 2.05) is 18.2 Å². The summed E-state index contributed by atoms with van der Waals surface area (Å²) in [6.45, 7) is 3.65. The van der Waals surface area contributed by atoms with Crippen LogP contribution in [-0.4, -0.2) is 29.0 Å². The van der Waals surface area contributed by atoms with Crippen molar-refractivity contribution in [3.63, 3.8) is 0 Å². The first kappa shape index (κ1) is 19.4. The van der Waals surface area contributed by atoms with Gasteiger partial charge >= 0.3 is 0 Å². The molecule has 0 radical (unpaired) electrons. The third-order valence-corrected chi connectivity index (χ3v) is 5.52. The zero-order valence-corrected chi connectivity index (χ0v) is 17.1. The topological polar surface area (TPSA) is 58.1 Å². The molecule has 1 N–H and O–H groups in total. The van der Waals surface area contributed by atoms with Crippen molar-refractivity contribution >= 4 is 29.0 Å². The Morgan fingerprint density at radius 1 is 1.07 bits per heavy atom. The average Bonchev–Trinajstić information content (AvgIpc) is 2.74. The minimum atomic E-state index is -0.0105. The van der Waals surface area contributed by atoms with Gasteiger partial charge in [0.05, 0.1) is 5.69 Å². The Hall–Kier alpha value is -2.92. The Morgan fingerprint density at radius 2 is 1.83 bits per heavy atom. The number of amides is 1. The molecule has 29 heavy (non-hydrogen) atoms. The molecule has 1 aromatic heterocycles. The fourth-order valence-corrected chi connectivity index (χ4v) is 3.77. The van der Waals surface area contributed by atoms with E-state index in [0.29, 0.717) is 5.02 Å². The summed E-state index contributed by atoms with van der Waals surface area (Å²) in [6, 6.07) is 17.6. The molecule has 2 aromatic carbocycles. The molecule has 0 unspecified atom stereocenters. The van der Waals surface area contributed by atoms with Crippen molar-refractivity contribution in [2.75, 3.05) is 23.3 Å². The molecular formula is C23H23ClN4O. The van der Waals surface area contributed by atoms with Crippen LogP contribution >= 0.6 is 11.6 Å². The van der Waals surface area contributed by atoms with Gasteiger partial charge < -0.3 is 10.2 Å². The van der Waals surface area contributed by atoms with Gasteiger partial charge in [0.1, 0.15) is 12.1 Å².